The second-order valence-corrected chi connectivity index (χ2v) is 9.51. The van der Waals surface area contributed by atoms with Crippen LogP contribution in [-0.2, 0) is 0 Å². The third-order valence-electron chi connectivity index (χ3n) is 5.38. The van der Waals surface area contributed by atoms with Crippen molar-refractivity contribution in [1.82, 2.24) is 0 Å². The number of hydrogen-bond acceptors (Lipinski definition) is 0. The van der Waals surface area contributed by atoms with Crippen LogP contribution < -0.4 is 0 Å². The average Bonchev–Trinajstić information content (AvgIpc) is 2.69. The Kier molecular flexibility index (Phi) is 1.56. The first-order valence-electron chi connectivity index (χ1n) is 5.83. The van der Waals surface area contributed by atoms with Crippen LogP contribution in [-0.4, -0.2) is 3.23 Å². The van der Waals surface area contributed by atoms with E-state index in [2.05, 4.69) is 56.2 Å². The van der Waals surface area contributed by atoms with Crippen molar-refractivity contribution < 1.29 is 0 Å². The first-order chi connectivity index (χ1) is 7.10. The zero-order valence-corrected chi connectivity index (χ0v) is 11.7. The fourth-order valence-corrected chi connectivity index (χ4v) is 5.86. The highest BCUT2D eigenvalue weighted by atomic mass is 79.9. The maximum atomic E-state index is 3.86. The molecule has 2 saturated carbocycles. The van der Waals surface area contributed by atoms with Crippen LogP contribution in [0.3, 0.4) is 0 Å². The number of alkyl halides is 2. The molecule has 80 valence electrons. The molecule has 0 spiro atoms. The van der Waals surface area contributed by atoms with E-state index in [4.69, 9.17) is 0 Å². The highest BCUT2D eigenvalue weighted by Gasteiger charge is 2.72. The summed E-state index contributed by atoms with van der Waals surface area (Å²) in [5.74, 6) is 1.73. The van der Waals surface area contributed by atoms with Crippen molar-refractivity contribution in [3.05, 3.63) is 24.3 Å². The van der Waals surface area contributed by atoms with Gasteiger partial charge in [0.1, 0.15) is 0 Å². The molecular weight excluding hydrogens is 316 g/mol. The van der Waals surface area contributed by atoms with Crippen molar-refractivity contribution in [3.8, 4) is 0 Å². The molecule has 0 heterocycles. The molecule has 0 N–H and O–H groups in total. The number of hydrogen-bond donors (Lipinski definition) is 0. The Hall–Kier alpha value is 0.440. The summed E-state index contributed by atoms with van der Waals surface area (Å²) in [4.78, 5) is 0. The van der Waals surface area contributed by atoms with Crippen molar-refractivity contribution in [3.63, 3.8) is 0 Å². The van der Waals surface area contributed by atoms with Crippen LogP contribution in [0.4, 0.5) is 0 Å². The van der Waals surface area contributed by atoms with E-state index in [0.717, 1.165) is 11.8 Å². The van der Waals surface area contributed by atoms with Crippen LogP contribution in [0.2, 0.25) is 0 Å². The largest absolute Gasteiger partial charge is 0.0876 e. The topological polar surface area (TPSA) is 0 Å². The molecule has 4 aliphatic rings. The molecule has 2 fully saturated rings. The minimum atomic E-state index is 0.281. The van der Waals surface area contributed by atoms with Gasteiger partial charge in [-0.15, -0.1) is 0 Å². The van der Waals surface area contributed by atoms with Crippen molar-refractivity contribution in [2.45, 2.75) is 28.9 Å². The van der Waals surface area contributed by atoms with Gasteiger partial charge in [-0.3, -0.25) is 0 Å². The molecular formula is C13H14Br2. The normalized spacial score (nSPS) is 57.5. The summed E-state index contributed by atoms with van der Waals surface area (Å²) in [6.45, 7) is 0. The molecule has 0 nitrogen and oxygen atoms in total. The van der Waals surface area contributed by atoms with E-state index < -0.39 is 0 Å². The van der Waals surface area contributed by atoms with E-state index in [-0.39, 0.29) is 3.23 Å². The van der Waals surface area contributed by atoms with Crippen molar-refractivity contribution in [2.75, 3.05) is 0 Å². The lowest BCUT2D eigenvalue weighted by Crippen LogP contribution is -2.49. The molecule has 4 aliphatic carbocycles. The van der Waals surface area contributed by atoms with Gasteiger partial charge >= 0.3 is 0 Å². The lowest BCUT2D eigenvalue weighted by molar-refractivity contribution is 0.0323. The van der Waals surface area contributed by atoms with Crippen molar-refractivity contribution in [2.24, 2.45) is 22.7 Å². The summed E-state index contributed by atoms with van der Waals surface area (Å²) in [5, 5.41) is 0. The van der Waals surface area contributed by atoms with E-state index in [1.807, 2.05) is 0 Å². The van der Waals surface area contributed by atoms with Gasteiger partial charge in [-0.1, -0.05) is 56.2 Å². The Labute approximate surface area is 107 Å². The lowest BCUT2D eigenvalue weighted by Gasteiger charge is -2.58. The third-order valence-corrected chi connectivity index (χ3v) is 7.73. The molecule has 0 bridgehead atoms. The van der Waals surface area contributed by atoms with Crippen molar-refractivity contribution >= 4 is 31.9 Å². The zero-order valence-electron chi connectivity index (χ0n) is 8.55. The second-order valence-electron chi connectivity index (χ2n) is 5.82. The molecule has 4 rings (SSSR count). The maximum absolute atomic E-state index is 3.86. The summed E-state index contributed by atoms with van der Waals surface area (Å²) in [6.07, 6.45) is 15.1. The van der Waals surface area contributed by atoms with E-state index >= 15 is 0 Å². The molecule has 0 aromatic heterocycles. The molecule has 2 heteroatoms. The van der Waals surface area contributed by atoms with Crippen molar-refractivity contribution in [1.29, 1.82) is 0 Å². The Balaban J connectivity index is 1.77. The summed E-state index contributed by atoms with van der Waals surface area (Å²) in [7, 11) is 0. The summed E-state index contributed by atoms with van der Waals surface area (Å²) >= 11 is 7.72. The zero-order chi connectivity index (χ0) is 10.3. The average molecular weight is 330 g/mol. The van der Waals surface area contributed by atoms with Gasteiger partial charge in [-0.2, -0.15) is 0 Å². The maximum Gasteiger partial charge on any atom is 0.0869 e. The molecule has 0 amide bonds. The predicted molar refractivity (Wildman–Crippen MR) is 69.2 cm³/mol. The first kappa shape index (κ1) is 9.47. The number of halogens is 2. The molecule has 0 radical (unpaired) electrons. The van der Waals surface area contributed by atoms with E-state index in [9.17, 15) is 0 Å². The van der Waals surface area contributed by atoms with E-state index in [1.165, 1.54) is 25.7 Å². The summed E-state index contributed by atoms with van der Waals surface area (Å²) in [6, 6.07) is 0. The monoisotopic (exact) mass is 328 g/mol. The molecule has 0 saturated heterocycles. The number of allylic oxidation sites excluding steroid dienone is 4. The van der Waals surface area contributed by atoms with Gasteiger partial charge in [-0.05, 0) is 37.5 Å². The van der Waals surface area contributed by atoms with Gasteiger partial charge in [0.15, 0.2) is 0 Å². The van der Waals surface area contributed by atoms with Crippen LogP contribution in [0.1, 0.15) is 25.7 Å². The molecule has 15 heavy (non-hydrogen) atoms. The Morgan fingerprint density at radius 1 is 0.867 bits per heavy atom. The van der Waals surface area contributed by atoms with Gasteiger partial charge in [-0.25, -0.2) is 0 Å². The van der Waals surface area contributed by atoms with Gasteiger partial charge < -0.3 is 0 Å². The standard InChI is InChI=1S/C13H14Br2/c14-13(15)9-7-11-3-1-2-4-12(11,6-5-11)8-10(9)13/h1-2,5-6,9-10H,3-4,7-8H2/t9-,10+,11-,12-/m0/s1. The summed E-state index contributed by atoms with van der Waals surface area (Å²) < 4.78 is 0.281. The van der Waals surface area contributed by atoms with E-state index in [1.54, 1.807) is 0 Å². The number of rotatable bonds is 0. The Bertz CT molecular complexity index is 361. The molecule has 0 unspecified atom stereocenters. The van der Waals surface area contributed by atoms with Gasteiger partial charge in [0.25, 0.3) is 0 Å². The minimum Gasteiger partial charge on any atom is -0.0876 e. The lowest BCUT2D eigenvalue weighted by atomic mass is 9.45. The van der Waals surface area contributed by atoms with Crippen LogP contribution in [0.5, 0.6) is 0 Å². The smallest absolute Gasteiger partial charge is 0.0869 e. The summed E-state index contributed by atoms with van der Waals surface area (Å²) in [5.41, 5.74) is 1.07. The van der Waals surface area contributed by atoms with Gasteiger partial charge in [0, 0.05) is 10.8 Å². The van der Waals surface area contributed by atoms with Gasteiger partial charge in [0.05, 0.1) is 3.23 Å². The third kappa shape index (κ3) is 0.914. The molecule has 0 aliphatic heterocycles. The molecule has 4 atom stereocenters. The fourth-order valence-electron chi connectivity index (χ4n) is 4.20. The predicted octanol–water partition coefficient (Wildman–Crippen LogP) is 4.40. The minimum absolute atomic E-state index is 0.281. The quantitative estimate of drug-likeness (QED) is 0.456. The van der Waals surface area contributed by atoms with Gasteiger partial charge in [0.2, 0.25) is 0 Å². The second kappa shape index (κ2) is 2.48. The highest BCUT2D eigenvalue weighted by molar-refractivity contribution is 9.25. The van der Waals surface area contributed by atoms with Crippen LogP contribution in [0.15, 0.2) is 24.3 Å². The Morgan fingerprint density at radius 3 is 1.73 bits per heavy atom. The van der Waals surface area contributed by atoms with Crippen LogP contribution >= 0.6 is 31.9 Å². The molecule has 0 aromatic rings. The number of fused-ring (bicyclic) bond motifs is 1. The highest BCUT2D eigenvalue weighted by Crippen LogP contribution is 2.78. The van der Waals surface area contributed by atoms with Crippen LogP contribution in [0.25, 0.3) is 0 Å². The molecule has 0 aromatic carbocycles. The Morgan fingerprint density at radius 2 is 1.33 bits per heavy atom. The SMILES string of the molecule is BrC1(Br)[C@@H]2C[C@]34C=C[C@@]3(CC=CC4)C[C@@H]21. The fraction of sp³-hybridized carbons (Fsp3) is 0.692. The van der Waals surface area contributed by atoms with Crippen LogP contribution in [0, 0.1) is 22.7 Å². The first-order valence-corrected chi connectivity index (χ1v) is 7.42. The van der Waals surface area contributed by atoms with E-state index in [0.29, 0.717) is 10.8 Å².